The van der Waals surface area contributed by atoms with Gasteiger partial charge < -0.3 is 24.4 Å². The number of nitrogens with one attached hydrogen (secondary N) is 1. The van der Waals surface area contributed by atoms with E-state index in [0.29, 0.717) is 31.9 Å². The minimum absolute atomic E-state index is 0.000488. The van der Waals surface area contributed by atoms with Gasteiger partial charge in [-0.15, -0.1) is 0 Å². The van der Waals surface area contributed by atoms with Crippen molar-refractivity contribution in [3.8, 4) is 5.75 Å². The van der Waals surface area contributed by atoms with Crippen LogP contribution in [-0.4, -0.2) is 79.0 Å². The van der Waals surface area contributed by atoms with E-state index in [-0.39, 0.29) is 18.2 Å². The van der Waals surface area contributed by atoms with Gasteiger partial charge in [-0.1, -0.05) is 0 Å². The van der Waals surface area contributed by atoms with E-state index in [2.05, 4.69) is 28.9 Å². The Balaban J connectivity index is 1.30. The number of fused-ring (bicyclic) bond motifs is 1. The van der Waals surface area contributed by atoms with Crippen LogP contribution in [0.4, 0.5) is 11.4 Å². The van der Waals surface area contributed by atoms with Crippen LogP contribution in [0.3, 0.4) is 0 Å². The smallest absolute Gasteiger partial charge is 0.269 e. The summed E-state index contributed by atoms with van der Waals surface area (Å²) in [5.74, 6) is 0.645. The molecule has 0 atom stereocenters. The van der Waals surface area contributed by atoms with Crippen molar-refractivity contribution in [2.45, 2.75) is 6.42 Å². The largest absolute Gasteiger partial charge is 0.484 e. The number of hydrogen-bond acceptors (Lipinski definition) is 6. The summed E-state index contributed by atoms with van der Waals surface area (Å²) in [6, 6.07) is 12.4. The van der Waals surface area contributed by atoms with Gasteiger partial charge >= 0.3 is 0 Å². The number of nitrogens with zero attached hydrogens (tertiary/aromatic N) is 4. The Morgan fingerprint density at radius 3 is 2.52 bits per heavy atom. The van der Waals surface area contributed by atoms with E-state index in [0.717, 1.165) is 29.6 Å². The number of nitro benzene ring substituents is 1. The molecule has 0 unspecified atom stereocenters. The van der Waals surface area contributed by atoms with Crippen LogP contribution in [0.5, 0.6) is 5.75 Å². The van der Waals surface area contributed by atoms with Crippen molar-refractivity contribution in [1.29, 1.82) is 0 Å². The predicted molar refractivity (Wildman–Crippen MR) is 128 cm³/mol. The molecule has 1 aromatic heterocycles. The molecule has 1 fully saturated rings. The molecule has 4 rings (SSSR count). The number of piperazine rings is 1. The SMILES string of the molecule is CN(C)CCc1c[nH]c2ccc(OCC(=O)N3CCN(c4ccc([N+](=O)[O-])cc4)CC3)cc12. The Labute approximate surface area is 192 Å². The van der Waals surface area contributed by atoms with Crippen LogP contribution in [0.25, 0.3) is 10.9 Å². The average Bonchev–Trinajstić information content (AvgIpc) is 3.23. The van der Waals surface area contributed by atoms with Gasteiger partial charge in [0.1, 0.15) is 5.75 Å². The van der Waals surface area contributed by atoms with E-state index < -0.39 is 4.92 Å². The first-order valence-electron chi connectivity index (χ1n) is 11.1. The number of hydrogen-bond donors (Lipinski definition) is 1. The van der Waals surface area contributed by atoms with Gasteiger partial charge in [-0.25, -0.2) is 0 Å². The Morgan fingerprint density at radius 1 is 1.12 bits per heavy atom. The molecule has 1 amide bonds. The van der Waals surface area contributed by atoms with E-state index in [1.165, 1.54) is 17.7 Å². The van der Waals surface area contributed by atoms with Gasteiger partial charge in [0.15, 0.2) is 6.61 Å². The summed E-state index contributed by atoms with van der Waals surface area (Å²) in [6.45, 7) is 3.49. The minimum Gasteiger partial charge on any atom is -0.484 e. The fourth-order valence-electron chi connectivity index (χ4n) is 4.03. The third-order valence-corrected chi connectivity index (χ3v) is 5.99. The van der Waals surface area contributed by atoms with Gasteiger partial charge in [0.2, 0.25) is 0 Å². The molecule has 33 heavy (non-hydrogen) atoms. The lowest BCUT2D eigenvalue weighted by atomic mass is 10.1. The Morgan fingerprint density at radius 2 is 1.85 bits per heavy atom. The second-order valence-corrected chi connectivity index (χ2v) is 8.50. The van der Waals surface area contributed by atoms with E-state index >= 15 is 0 Å². The number of rotatable bonds is 8. The summed E-state index contributed by atoms with van der Waals surface area (Å²) < 4.78 is 5.83. The highest BCUT2D eigenvalue weighted by atomic mass is 16.6. The second kappa shape index (κ2) is 9.91. The minimum atomic E-state index is -0.404. The number of benzene rings is 2. The number of amides is 1. The van der Waals surface area contributed by atoms with Crippen molar-refractivity contribution in [3.05, 3.63) is 64.3 Å². The van der Waals surface area contributed by atoms with E-state index in [9.17, 15) is 14.9 Å². The maximum absolute atomic E-state index is 12.7. The molecule has 9 heteroatoms. The Kier molecular flexibility index (Phi) is 6.79. The lowest BCUT2D eigenvalue weighted by Gasteiger charge is -2.36. The first kappa shape index (κ1) is 22.6. The number of nitro groups is 1. The average molecular weight is 452 g/mol. The molecule has 0 aliphatic carbocycles. The number of ether oxygens (including phenoxy) is 1. The molecule has 1 N–H and O–H groups in total. The number of carbonyl (C=O) groups excluding carboxylic acids is 1. The summed E-state index contributed by atoms with van der Waals surface area (Å²) in [6.07, 6.45) is 2.97. The van der Waals surface area contributed by atoms with E-state index in [1.807, 2.05) is 24.4 Å². The van der Waals surface area contributed by atoms with Crippen molar-refractivity contribution < 1.29 is 14.5 Å². The summed E-state index contributed by atoms with van der Waals surface area (Å²) >= 11 is 0. The van der Waals surface area contributed by atoms with Crippen LogP contribution >= 0.6 is 0 Å². The Hall–Kier alpha value is -3.59. The number of likely N-dealkylation sites (N-methyl/N-ethyl adjacent to an activating group) is 1. The fraction of sp³-hybridized carbons (Fsp3) is 0.375. The van der Waals surface area contributed by atoms with Crippen LogP contribution in [0, 0.1) is 10.1 Å². The summed E-state index contributed by atoms with van der Waals surface area (Å²) in [4.78, 5) is 32.5. The van der Waals surface area contributed by atoms with Gasteiger partial charge in [-0.3, -0.25) is 14.9 Å². The van der Waals surface area contributed by atoms with Crippen LogP contribution in [-0.2, 0) is 11.2 Å². The van der Waals surface area contributed by atoms with Crippen molar-refractivity contribution >= 4 is 28.2 Å². The lowest BCUT2D eigenvalue weighted by Crippen LogP contribution is -2.50. The number of anilines is 1. The molecule has 3 aromatic rings. The van der Waals surface area contributed by atoms with Gasteiger partial charge in [0.25, 0.3) is 11.6 Å². The highest BCUT2D eigenvalue weighted by Gasteiger charge is 2.22. The van der Waals surface area contributed by atoms with Gasteiger partial charge in [-0.2, -0.15) is 0 Å². The quantitative estimate of drug-likeness (QED) is 0.418. The molecule has 2 aromatic carbocycles. The molecule has 0 bridgehead atoms. The monoisotopic (exact) mass is 451 g/mol. The maximum atomic E-state index is 12.7. The summed E-state index contributed by atoms with van der Waals surface area (Å²) in [5.41, 5.74) is 3.30. The summed E-state index contributed by atoms with van der Waals surface area (Å²) in [7, 11) is 4.11. The maximum Gasteiger partial charge on any atom is 0.269 e. The third-order valence-electron chi connectivity index (χ3n) is 5.99. The van der Waals surface area contributed by atoms with E-state index in [4.69, 9.17) is 4.74 Å². The van der Waals surface area contributed by atoms with Crippen LogP contribution in [0.1, 0.15) is 5.56 Å². The number of aromatic nitrogens is 1. The van der Waals surface area contributed by atoms with Gasteiger partial charge in [0.05, 0.1) is 4.92 Å². The van der Waals surface area contributed by atoms with Gasteiger partial charge in [-0.05, 0) is 56.4 Å². The molecule has 9 nitrogen and oxygen atoms in total. The molecule has 0 radical (unpaired) electrons. The molecule has 1 aliphatic rings. The van der Waals surface area contributed by atoms with Crippen molar-refractivity contribution in [3.63, 3.8) is 0 Å². The zero-order valence-corrected chi connectivity index (χ0v) is 19.0. The van der Waals surface area contributed by atoms with Gasteiger partial charge in [0, 0.05) is 67.6 Å². The number of H-pyrrole nitrogens is 1. The molecule has 1 saturated heterocycles. The fourth-order valence-corrected chi connectivity index (χ4v) is 4.03. The van der Waals surface area contributed by atoms with Crippen molar-refractivity contribution in [2.75, 3.05) is 58.3 Å². The molecule has 1 aliphatic heterocycles. The number of aromatic amines is 1. The second-order valence-electron chi connectivity index (χ2n) is 8.50. The summed E-state index contributed by atoms with van der Waals surface area (Å²) in [5, 5.41) is 11.9. The molecule has 2 heterocycles. The molecular formula is C24H29N5O4. The zero-order chi connectivity index (χ0) is 23.4. The normalized spacial score (nSPS) is 14.2. The van der Waals surface area contributed by atoms with Crippen molar-refractivity contribution in [2.24, 2.45) is 0 Å². The Bertz CT molecular complexity index is 1120. The highest BCUT2D eigenvalue weighted by Crippen LogP contribution is 2.25. The standard InChI is InChI=1S/C24H29N5O4/c1-26(2)10-9-18-16-25-23-8-7-21(15-22(18)23)33-17-24(30)28-13-11-27(12-14-28)19-3-5-20(6-4-19)29(31)32/h3-8,15-16,25H,9-14,17H2,1-2H3. The van der Waals surface area contributed by atoms with Crippen LogP contribution < -0.4 is 9.64 Å². The van der Waals surface area contributed by atoms with Crippen LogP contribution in [0.15, 0.2) is 48.7 Å². The first-order chi connectivity index (χ1) is 15.9. The first-order valence-corrected chi connectivity index (χ1v) is 11.1. The topological polar surface area (TPSA) is 95.0 Å². The molecule has 0 spiro atoms. The highest BCUT2D eigenvalue weighted by molar-refractivity contribution is 5.85. The van der Waals surface area contributed by atoms with Crippen molar-refractivity contribution in [1.82, 2.24) is 14.8 Å². The molecular weight excluding hydrogens is 422 g/mol. The predicted octanol–water partition coefficient (Wildman–Crippen LogP) is 2.91. The van der Waals surface area contributed by atoms with E-state index in [1.54, 1.807) is 17.0 Å². The third kappa shape index (κ3) is 5.43. The zero-order valence-electron chi connectivity index (χ0n) is 19.0. The molecule has 174 valence electrons. The number of carbonyl (C=O) groups is 1. The number of non-ortho nitro benzene ring substituents is 1. The lowest BCUT2D eigenvalue weighted by molar-refractivity contribution is -0.384. The van der Waals surface area contributed by atoms with Crippen LogP contribution in [0.2, 0.25) is 0 Å². The molecule has 0 saturated carbocycles.